The fraction of sp³-hybridized carbons (Fsp3) is 0.231. The summed E-state index contributed by atoms with van der Waals surface area (Å²) in [5, 5.41) is 0. The van der Waals surface area contributed by atoms with Crippen molar-refractivity contribution < 1.29 is 0 Å². The monoisotopic (exact) mass is 228 g/mol. The molecule has 0 saturated heterocycles. The number of aryl methyl sites for hydroxylation is 2. The minimum Gasteiger partial charge on any atom is -0.307 e. The van der Waals surface area contributed by atoms with Crippen LogP contribution >= 0.6 is 0 Å². The van der Waals surface area contributed by atoms with Crippen LogP contribution in [-0.4, -0.2) is 9.97 Å². The molecule has 2 aromatic rings. The lowest BCUT2D eigenvalue weighted by molar-refractivity contribution is 0.912. The average molecular weight is 228 g/mol. The van der Waals surface area contributed by atoms with Crippen LogP contribution in [0.3, 0.4) is 0 Å². The van der Waals surface area contributed by atoms with Crippen LogP contribution in [0.4, 0.5) is 0 Å². The van der Waals surface area contributed by atoms with Crippen LogP contribution < -0.4 is 11.2 Å². The summed E-state index contributed by atoms with van der Waals surface area (Å²) >= 11 is 0. The molecule has 1 aromatic heterocycles. The van der Waals surface area contributed by atoms with Crippen molar-refractivity contribution in [3.63, 3.8) is 0 Å². The zero-order chi connectivity index (χ0) is 11.8. The first-order valence-corrected chi connectivity index (χ1v) is 5.68. The fourth-order valence-corrected chi connectivity index (χ4v) is 2.36. The van der Waals surface area contributed by atoms with Gasteiger partial charge in [0.1, 0.15) is 0 Å². The molecule has 4 heteroatoms. The maximum atomic E-state index is 11.2. The molecule has 0 unspecified atom stereocenters. The molecule has 2 N–H and O–H groups in total. The molecule has 1 heterocycles. The largest absolute Gasteiger partial charge is 0.326 e. The Labute approximate surface area is 97.3 Å². The summed E-state index contributed by atoms with van der Waals surface area (Å²) in [5.74, 6) is 0. The van der Waals surface area contributed by atoms with Gasteiger partial charge >= 0.3 is 5.69 Å². The van der Waals surface area contributed by atoms with E-state index in [2.05, 4.69) is 22.1 Å². The molecule has 0 atom stereocenters. The second kappa shape index (κ2) is 3.73. The first kappa shape index (κ1) is 10.1. The maximum Gasteiger partial charge on any atom is 0.326 e. The van der Waals surface area contributed by atoms with Crippen molar-refractivity contribution in [2.75, 3.05) is 0 Å². The van der Waals surface area contributed by atoms with Crippen molar-refractivity contribution in [1.82, 2.24) is 9.97 Å². The third-order valence-electron chi connectivity index (χ3n) is 3.17. The van der Waals surface area contributed by atoms with Gasteiger partial charge in [-0.05, 0) is 42.0 Å². The Bertz CT molecular complexity index is 654. The third-order valence-corrected chi connectivity index (χ3v) is 3.17. The van der Waals surface area contributed by atoms with Crippen LogP contribution in [-0.2, 0) is 12.8 Å². The van der Waals surface area contributed by atoms with Crippen LogP contribution in [0.25, 0.3) is 11.3 Å². The van der Waals surface area contributed by atoms with Gasteiger partial charge in [0.15, 0.2) is 0 Å². The van der Waals surface area contributed by atoms with Gasteiger partial charge in [-0.3, -0.25) is 9.78 Å². The van der Waals surface area contributed by atoms with E-state index in [-0.39, 0.29) is 5.56 Å². The predicted octanol–water partition coefficient (Wildman–Crippen LogP) is 1.22. The molecule has 17 heavy (non-hydrogen) atoms. The molecule has 0 aliphatic heterocycles. The van der Waals surface area contributed by atoms with E-state index in [0.29, 0.717) is 5.69 Å². The van der Waals surface area contributed by atoms with E-state index in [9.17, 15) is 9.59 Å². The smallest absolute Gasteiger partial charge is 0.307 e. The summed E-state index contributed by atoms with van der Waals surface area (Å²) in [6.45, 7) is 0. The molecule has 0 bridgehead atoms. The van der Waals surface area contributed by atoms with Crippen molar-refractivity contribution in [2.24, 2.45) is 0 Å². The van der Waals surface area contributed by atoms with E-state index in [0.717, 1.165) is 18.4 Å². The number of aromatic amines is 2. The van der Waals surface area contributed by atoms with Gasteiger partial charge in [0, 0.05) is 6.07 Å². The highest BCUT2D eigenvalue weighted by molar-refractivity contribution is 5.61. The van der Waals surface area contributed by atoms with E-state index >= 15 is 0 Å². The van der Waals surface area contributed by atoms with Crippen LogP contribution in [0.15, 0.2) is 33.9 Å². The van der Waals surface area contributed by atoms with Gasteiger partial charge in [0.05, 0.1) is 5.69 Å². The highest BCUT2D eigenvalue weighted by Gasteiger charge is 2.11. The number of hydrogen-bond donors (Lipinski definition) is 2. The number of nitrogens with one attached hydrogen (secondary N) is 2. The predicted molar refractivity (Wildman–Crippen MR) is 65.1 cm³/mol. The summed E-state index contributed by atoms with van der Waals surface area (Å²) in [4.78, 5) is 27.3. The lowest BCUT2D eigenvalue weighted by atomic mass is 10.0. The van der Waals surface area contributed by atoms with Gasteiger partial charge in [-0.1, -0.05) is 12.1 Å². The van der Waals surface area contributed by atoms with Gasteiger partial charge in [-0.2, -0.15) is 0 Å². The van der Waals surface area contributed by atoms with Gasteiger partial charge in [-0.15, -0.1) is 0 Å². The molecule has 4 nitrogen and oxygen atoms in total. The van der Waals surface area contributed by atoms with Crippen molar-refractivity contribution in [3.05, 3.63) is 56.2 Å². The molecule has 3 rings (SSSR count). The summed E-state index contributed by atoms with van der Waals surface area (Å²) < 4.78 is 0. The molecular weight excluding hydrogens is 216 g/mol. The minimum atomic E-state index is -0.465. The quantitative estimate of drug-likeness (QED) is 0.770. The maximum absolute atomic E-state index is 11.2. The van der Waals surface area contributed by atoms with Gasteiger partial charge in [-0.25, -0.2) is 4.79 Å². The molecule has 1 aromatic carbocycles. The van der Waals surface area contributed by atoms with Crippen LogP contribution in [0.5, 0.6) is 0 Å². The van der Waals surface area contributed by atoms with E-state index in [1.807, 2.05) is 6.07 Å². The summed E-state index contributed by atoms with van der Waals surface area (Å²) in [7, 11) is 0. The Morgan fingerprint density at radius 1 is 0.941 bits per heavy atom. The molecule has 1 aliphatic rings. The molecule has 0 amide bonds. The molecule has 0 radical (unpaired) electrons. The summed E-state index contributed by atoms with van der Waals surface area (Å²) in [6.07, 6.45) is 3.39. The Balaban J connectivity index is 2.15. The number of fused-ring (bicyclic) bond motifs is 1. The molecule has 0 saturated carbocycles. The molecule has 1 aliphatic carbocycles. The summed E-state index contributed by atoms with van der Waals surface area (Å²) in [5.41, 5.74) is 3.34. The summed E-state index contributed by atoms with van der Waals surface area (Å²) in [6, 6.07) is 7.51. The number of aromatic nitrogens is 2. The highest BCUT2D eigenvalue weighted by atomic mass is 16.2. The van der Waals surface area contributed by atoms with Crippen molar-refractivity contribution >= 4 is 0 Å². The first-order chi connectivity index (χ1) is 8.22. The number of rotatable bonds is 1. The van der Waals surface area contributed by atoms with Crippen LogP contribution in [0, 0.1) is 0 Å². The molecule has 0 fully saturated rings. The van der Waals surface area contributed by atoms with E-state index in [4.69, 9.17) is 0 Å². The van der Waals surface area contributed by atoms with Crippen LogP contribution in [0.2, 0.25) is 0 Å². The van der Waals surface area contributed by atoms with Crippen LogP contribution in [0.1, 0.15) is 17.5 Å². The van der Waals surface area contributed by atoms with Crippen molar-refractivity contribution in [3.8, 4) is 11.3 Å². The van der Waals surface area contributed by atoms with Gasteiger partial charge in [0.2, 0.25) is 0 Å². The third kappa shape index (κ3) is 1.82. The first-order valence-electron chi connectivity index (χ1n) is 5.68. The Morgan fingerprint density at radius 3 is 2.59 bits per heavy atom. The molecule has 0 spiro atoms. The van der Waals surface area contributed by atoms with Crippen molar-refractivity contribution in [1.29, 1.82) is 0 Å². The second-order valence-corrected chi connectivity index (χ2v) is 4.34. The topological polar surface area (TPSA) is 65.7 Å². The van der Waals surface area contributed by atoms with E-state index < -0.39 is 5.69 Å². The Kier molecular flexibility index (Phi) is 2.21. The lowest BCUT2D eigenvalue weighted by Crippen LogP contribution is -2.21. The zero-order valence-electron chi connectivity index (χ0n) is 9.25. The molecule has 86 valence electrons. The average Bonchev–Trinajstić information content (AvgIpc) is 2.74. The van der Waals surface area contributed by atoms with Gasteiger partial charge in [0.25, 0.3) is 5.56 Å². The number of benzene rings is 1. The lowest BCUT2D eigenvalue weighted by Gasteiger charge is -2.04. The van der Waals surface area contributed by atoms with Crippen molar-refractivity contribution in [2.45, 2.75) is 19.3 Å². The highest BCUT2D eigenvalue weighted by Crippen LogP contribution is 2.26. The zero-order valence-corrected chi connectivity index (χ0v) is 9.25. The standard InChI is InChI=1S/C13H12N2O2/c16-12-7-11(14-13(17)15-12)10-5-4-8-2-1-3-9(8)6-10/h4-7H,1-3H2,(H2,14,15,16,17). The number of H-pyrrole nitrogens is 2. The van der Waals surface area contributed by atoms with E-state index in [1.165, 1.54) is 23.6 Å². The Hall–Kier alpha value is -2.10. The Morgan fingerprint density at radius 2 is 1.76 bits per heavy atom. The van der Waals surface area contributed by atoms with Gasteiger partial charge < -0.3 is 4.98 Å². The molecular formula is C13H12N2O2. The second-order valence-electron chi connectivity index (χ2n) is 4.34. The fourth-order valence-electron chi connectivity index (χ4n) is 2.36. The SMILES string of the molecule is O=c1cc(-c2ccc3c(c2)CCC3)[nH]c(=O)[nH]1. The number of hydrogen-bond acceptors (Lipinski definition) is 2. The normalized spacial score (nSPS) is 13.6. The van der Waals surface area contributed by atoms with E-state index in [1.54, 1.807) is 0 Å². The minimum absolute atomic E-state index is 0.371.